The number of hydrogen-bond acceptors (Lipinski definition) is 6. The fourth-order valence-corrected chi connectivity index (χ4v) is 4.37. The Morgan fingerprint density at radius 1 is 0.969 bits per heavy atom. The standard InChI is InChI=1S/C24H21N3O4S/c1-14-7-8-15-12-22-24(26-19(15)11-14)23-18(5-4-6-20(23)31-22)25-17-10-9-16(13-21(17)30-2)27-32(3,28)29/h4-13,25,27H,1-3H3. The van der Waals surface area contributed by atoms with E-state index in [1.54, 1.807) is 18.2 Å². The van der Waals surface area contributed by atoms with E-state index in [1.807, 2.05) is 37.3 Å². The molecule has 7 nitrogen and oxygen atoms in total. The summed E-state index contributed by atoms with van der Waals surface area (Å²) >= 11 is 0. The van der Waals surface area contributed by atoms with E-state index in [4.69, 9.17) is 14.1 Å². The highest BCUT2D eigenvalue weighted by Gasteiger charge is 2.15. The predicted molar refractivity (Wildman–Crippen MR) is 129 cm³/mol. The summed E-state index contributed by atoms with van der Waals surface area (Å²) in [7, 11) is -1.85. The lowest BCUT2D eigenvalue weighted by atomic mass is 10.1. The van der Waals surface area contributed by atoms with Gasteiger partial charge in [0.25, 0.3) is 0 Å². The van der Waals surface area contributed by atoms with Gasteiger partial charge < -0.3 is 14.5 Å². The van der Waals surface area contributed by atoms with Gasteiger partial charge in [-0.3, -0.25) is 4.72 Å². The molecule has 3 aromatic carbocycles. The van der Waals surface area contributed by atoms with Crippen LogP contribution < -0.4 is 14.8 Å². The van der Waals surface area contributed by atoms with E-state index in [1.165, 1.54) is 7.11 Å². The summed E-state index contributed by atoms with van der Waals surface area (Å²) in [5, 5.41) is 5.28. The zero-order valence-electron chi connectivity index (χ0n) is 17.8. The number of pyridine rings is 1. The number of aryl methyl sites for hydroxylation is 1. The molecule has 0 aliphatic rings. The topological polar surface area (TPSA) is 93.5 Å². The Hall–Kier alpha value is -3.78. The number of nitrogens with zero attached hydrogens (tertiary/aromatic N) is 1. The minimum absolute atomic E-state index is 0.422. The van der Waals surface area contributed by atoms with E-state index >= 15 is 0 Å². The van der Waals surface area contributed by atoms with Gasteiger partial charge in [-0.05, 0) is 48.9 Å². The summed E-state index contributed by atoms with van der Waals surface area (Å²) in [6.45, 7) is 2.04. The second kappa shape index (κ2) is 7.42. The molecule has 0 aliphatic carbocycles. The average molecular weight is 448 g/mol. The number of rotatable bonds is 5. The van der Waals surface area contributed by atoms with Gasteiger partial charge in [-0.25, -0.2) is 13.4 Å². The lowest BCUT2D eigenvalue weighted by Gasteiger charge is -2.14. The number of hydrogen-bond donors (Lipinski definition) is 2. The first-order valence-corrected chi connectivity index (χ1v) is 11.9. The second-order valence-corrected chi connectivity index (χ2v) is 9.47. The van der Waals surface area contributed by atoms with Gasteiger partial charge in [-0.15, -0.1) is 0 Å². The van der Waals surface area contributed by atoms with Crippen LogP contribution in [0.5, 0.6) is 5.75 Å². The highest BCUT2D eigenvalue weighted by atomic mass is 32.2. The predicted octanol–water partition coefficient (Wildman–Crippen LogP) is 5.57. The van der Waals surface area contributed by atoms with Gasteiger partial charge in [-0.1, -0.05) is 18.2 Å². The van der Waals surface area contributed by atoms with E-state index in [2.05, 4.69) is 22.2 Å². The van der Waals surface area contributed by atoms with Gasteiger partial charge in [0.15, 0.2) is 5.58 Å². The molecule has 0 bridgehead atoms. The monoisotopic (exact) mass is 447 g/mol. The lowest BCUT2D eigenvalue weighted by Crippen LogP contribution is -2.09. The van der Waals surface area contributed by atoms with Crippen molar-refractivity contribution in [3.05, 3.63) is 66.2 Å². The Bertz CT molecular complexity index is 1610. The van der Waals surface area contributed by atoms with Crippen LogP contribution in [0.1, 0.15) is 5.56 Å². The molecule has 162 valence electrons. The van der Waals surface area contributed by atoms with E-state index < -0.39 is 10.0 Å². The third-order valence-electron chi connectivity index (χ3n) is 5.20. The number of methoxy groups -OCH3 is 1. The summed E-state index contributed by atoms with van der Waals surface area (Å²) < 4.78 is 37.1. The molecule has 0 atom stereocenters. The number of anilines is 3. The van der Waals surface area contributed by atoms with Crippen LogP contribution in [-0.4, -0.2) is 26.8 Å². The molecule has 0 saturated heterocycles. The Labute approximate surface area is 185 Å². The molecule has 8 heteroatoms. The van der Waals surface area contributed by atoms with Gasteiger partial charge in [0, 0.05) is 11.5 Å². The van der Waals surface area contributed by atoms with Crippen LogP contribution in [0.4, 0.5) is 17.1 Å². The van der Waals surface area contributed by atoms with Crippen LogP contribution >= 0.6 is 0 Å². The maximum absolute atomic E-state index is 11.5. The second-order valence-electron chi connectivity index (χ2n) is 7.73. The van der Waals surface area contributed by atoms with Gasteiger partial charge >= 0.3 is 0 Å². The summed E-state index contributed by atoms with van der Waals surface area (Å²) in [6.07, 6.45) is 1.11. The molecule has 5 aromatic rings. The average Bonchev–Trinajstić information content (AvgIpc) is 3.10. The molecule has 0 unspecified atom stereocenters. The van der Waals surface area contributed by atoms with Crippen LogP contribution in [0.2, 0.25) is 0 Å². The van der Waals surface area contributed by atoms with Crippen molar-refractivity contribution in [3.8, 4) is 5.75 Å². The van der Waals surface area contributed by atoms with Crippen molar-refractivity contribution in [2.75, 3.05) is 23.4 Å². The first-order chi connectivity index (χ1) is 15.3. The molecular weight excluding hydrogens is 426 g/mol. The quantitative estimate of drug-likeness (QED) is 0.366. The molecule has 0 spiro atoms. The van der Waals surface area contributed by atoms with Gasteiger partial charge in [0.2, 0.25) is 10.0 Å². The van der Waals surface area contributed by atoms with Crippen molar-refractivity contribution in [1.82, 2.24) is 4.98 Å². The van der Waals surface area contributed by atoms with Crippen molar-refractivity contribution in [3.63, 3.8) is 0 Å². The van der Waals surface area contributed by atoms with E-state index in [-0.39, 0.29) is 0 Å². The molecule has 2 heterocycles. The number of ether oxygens (including phenoxy) is 1. The summed E-state index contributed by atoms with van der Waals surface area (Å²) in [5.41, 5.74) is 6.17. The summed E-state index contributed by atoms with van der Waals surface area (Å²) in [6, 6.07) is 19.0. The zero-order chi connectivity index (χ0) is 22.5. The fraction of sp³-hybridized carbons (Fsp3) is 0.125. The largest absolute Gasteiger partial charge is 0.494 e. The molecule has 0 radical (unpaired) electrons. The van der Waals surface area contributed by atoms with Crippen LogP contribution in [0, 0.1) is 6.92 Å². The first-order valence-electron chi connectivity index (χ1n) is 9.96. The van der Waals surface area contributed by atoms with Gasteiger partial charge in [-0.2, -0.15) is 0 Å². The Morgan fingerprint density at radius 3 is 2.59 bits per heavy atom. The van der Waals surface area contributed by atoms with Gasteiger partial charge in [0.05, 0.1) is 41.3 Å². The Morgan fingerprint density at radius 2 is 1.81 bits per heavy atom. The molecule has 5 rings (SSSR count). The molecule has 32 heavy (non-hydrogen) atoms. The van der Waals surface area contributed by atoms with E-state index in [9.17, 15) is 8.42 Å². The zero-order valence-corrected chi connectivity index (χ0v) is 18.6. The number of furan rings is 1. The maximum atomic E-state index is 11.5. The minimum Gasteiger partial charge on any atom is -0.494 e. The third kappa shape index (κ3) is 3.69. The van der Waals surface area contributed by atoms with E-state index in [0.717, 1.165) is 44.9 Å². The number of sulfonamides is 1. The molecule has 0 aliphatic heterocycles. The smallest absolute Gasteiger partial charge is 0.229 e. The normalized spacial score (nSPS) is 11.8. The maximum Gasteiger partial charge on any atom is 0.229 e. The van der Waals surface area contributed by atoms with Crippen LogP contribution in [-0.2, 0) is 10.0 Å². The van der Waals surface area contributed by atoms with E-state index in [0.29, 0.717) is 22.7 Å². The van der Waals surface area contributed by atoms with Crippen molar-refractivity contribution in [2.24, 2.45) is 0 Å². The lowest BCUT2D eigenvalue weighted by molar-refractivity contribution is 0.417. The molecular formula is C24H21N3O4S. The van der Waals surface area contributed by atoms with Crippen LogP contribution in [0.15, 0.2) is 65.1 Å². The molecule has 2 aromatic heterocycles. The van der Waals surface area contributed by atoms with Gasteiger partial charge in [0.1, 0.15) is 16.8 Å². The molecule has 2 N–H and O–H groups in total. The highest BCUT2D eigenvalue weighted by molar-refractivity contribution is 7.92. The van der Waals surface area contributed by atoms with Crippen LogP contribution in [0.3, 0.4) is 0 Å². The van der Waals surface area contributed by atoms with Crippen molar-refractivity contribution in [1.29, 1.82) is 0 Å². The van der Waals surface area contributed by atoms with Crippen molar-refractivity contribution >= 4 is 60.1 Å². The fourth-order valence-electron chi connectivity index (χ4n) is 3.81. The summed E-state index contributed by atoms with van der Waals surface area (Å²) in [4.78, 5) is 4.88. The molecule has 0 amide bonds. The Balaban J connectivity index is 1.63. The first kappa shape index (κ1) is 20.1. The number of fused-ring (bicyclic) bond motifs is 4. The van der Waals surface area contributed by atoms with Crippen LogP contribution in [0.25, 0.3) is 33.0 Å². The number of benzene rings is 3. The molecule has 0 saturated carbocycles. The number of nitrogens with one attached hydrogen (secondary N) is 2. The van der Waals surface area contributed by atoms with Crippen molar-refractivity contribution in [2.45, 2.75) is 6.92 Å². The SMILES string of the molecule is COc1cc(NS(C)(=O)=O)ccc1Nc1cccc2oc3cc4ccc(C)cc4nc3c12. The third-order valence-corrected chi connectivity index (χ3v) is 5.80. The minimum atomic E-state index is -3.39. The highest BCUT2D eigenvalue weighted by Crippen LogP contribution is 2.38. The van der Waals surface area contributed by atoms with Crippen molar-refractivity contribution < 1.29 is 17.6 Å². The summed E-state index contributed by atoms with van der Waals surface area (Å²) in [5.74, 6) is 0.498. The Kier molecular flexibility index (Phi) is 4.67. The number of aromatic nitrogens is 1. The molecule has 0 fully saturated rings.